The summed E-state index contributed by atoms with van der Waals surface area (Å²) in [5, 5.41) is 35.3. The van der Waals surface area contributed by atoms with Crippen LogP contribution < -0.4 is 35.6 Å². The zero-order valence-electron chi connectivity index (χ0n) is 43.2. The van der Waals surface area contributed by atoms with Crippen molar-refractivity contribution in [1.29, 1.82) is 5.26 Å². The van der Waals surface area contributed by atoms with Crippen molar-refractivity contribution in [2.45, 2.75) is 141 Å². The maximum absolute atomic E-state index is 14.5. The highest BCUT2D eigenvalue weighted by atomic mass is 35.5. The summed E-state index contributed by atoms with van der Waals surface area (Å²) >= 11 is 6.35. The molecule has 386 valence electrons. The summed E-state index contributed by atoms with van der Waals surface area (Å²) in [5.74, 6) is 2.51. The summed E-state index contributed by atoms with van der Waals surface area (Å²) < 4.78 is 19.8. The zero-order valence-corrected chi connectivity index (χ0v) is 43.9. The van der Waals surface area contributed by atoms with Gasteiger partial charge in [-0.1, -0.05) is 64.6 Å². The Morgan fingerprint density at radius 1 is 0.903 bits per heavy atom. The van der Waals surface area contributed by atoms with Gasteiger partial charge in [-0.3, -0.25) is 25.1 Å². The van der Waals surface area contributed by atoms with Gasteiger partial charge >= 0.3 is 0 Å². The van der Waals surface area contributed by atoms with Gasteiger partial charge in [0.2, 0.25) is 11.8 Å². The molecule has 3 aromatic carbocycles. The predicted octanol–water partition coefficient (Wildman–Crippen LogP) is 7.73. The van der Waals surface area contributed by atoms with Gasteiger partial charge in [-0.2, -0.15) is 5.26 Å². The van der Waals surface area contributed by atoms with Crippen LogP contribution in [0.15, 0.2) is 66.9 Å². The smallest absolute Gasteiger partial charge is 0.244 e. The van der Waals surface area contributed by atoms with Crippen LogP contribution in [0.5, 0.6) is 17.2 Å². The first-order valence-electron chi connectivity index (χ1n) is 26.6. The third kappa shape index (κ3) is 9.99. The average Bonchev–Trinajstić information content (AvgIpc) is 3.86. The van der Waals surface area contributed by atoms with Crippen LogP contribution in [0, 0.1) is 39.9 Å². The third-order valence-electron chi connectivity index (χ3n) is 17.3. The van der Waals surface area contributed by atoms with E-state index in [2.05, 4.69) is 77.0 Å². The van der Waals surface area contributed by atoms with Crippen LogP contribution >= 0.6 is 11.6 Å². The lowest BCUT2D eigenvalue weighted by atomic mass is 9.49. The molecule has 3 aromatic rings. The summed E-state index contributed by atoms with van der Waals surface area (Å²) in [6.07, 6.45) is 10.9. The molecule has 2 saturated carbocycles. The van der Waals surface area contributed by atoms with E-state index in [0.29, 0.717) is 34.5 Å². The Hall–Kier alpha value is -4.72. The predicted molar refractivity (Wildman–Crippen MR) is 279 cm³/mol. The number of likely N-dealkylation sites (N-methyl/N-ethyl adjacent to an activating group) is 1. The number of aliphatic hydroxyl groups is 1. The van der Waals surface area contributed by atoms with Crippen LogP contribution in [0.1, 0.15) is 110 Å². The molecule has 5 N–H and O–H groups in total. The van der Waals surface area contributed by atoms with Crippen molar-refractivity contribution in [2.75, 3.05) is 51.2 Å². The number of rotatable bonds is 13. The van der Waals surface area contributed by atoms with Gasteiger partial charge in [0.15, 0.2) is 0 Å². The fourth-order valence-electron chi connectivity index (χ4n) is 13.5. The second-order valence-electron chi connectivity index (χ2n) is 23.5. The minimum absolute atomic E-state index is 0.00834. The fraction of sp³-hybridized carbons (Fsp3) is 0.596. The first kappa shape index (κ1) is 50.8. The zero-order chi connectivity index (χ0) is 50.7. The van der Waals surface area contributed by atoms with Gasteiger partial charge in [0.05, 0.1) is 40.4 Å². The van der Waals surface area contributed by atoms with Gasteiger partial charge in [-0.15, -0.1) is 0 Å². The highest BCUT2D eigenvalue weighted by Gasteiger charge is 2.64. The van der Waals surface area contributed by atoms with Crippen LogP contribution in [0.3, 0.4) is 0 Å². The number of carbonyl (C=O) groups is 2. The molecule has 6 fully saturated rings. The Balaban J connectivity index is 0.709. The lowest BCUT2D eigenvalue weighted by Crippen LogP contribution is -2.76. The van der Waals surface area contributed by atoms with Gasteiger partial charge in [0.25, 0.3) is 0 Å². The Labute approximate surface area is 431 Å². The summed E-state index contributed by atoms with van der Waals surface area (Å²) in [7, 11) is 1.80. The number of anilines is 1. The first-order valence-corrected chi connectivity index (χ1v) is 26.9. The van der Waals surface area contributed by atoms with E-state index in [4.69, 9.17) is 25.8 Å². The van der Waals surface area contributed by atoms with E-state index >= 15 is 0 Å². The van der Waals surface area contributed by atoms with Gasteiger partial charge in [0, 0.05) is 92.1 Å². The van der Waals surface area contributed by atoms with E-state index in [1.165, 1.54) is 19.3 Å². The summed E-state index contributed by atoms with van der Waals surface area (Å²) in [4.78, 5) is 34.0. The Bertz CT molecular complexity index is 2540. The highest BCUT2D eigenvalue weighted by molar-refractivity contribution is 6.31. The molecule has 0 bridgehead atoms. The Kier molecular flexibility index (Phi) is 14.2. The maximum atomic E-state index is 14.5. The number of likely N-dealkylation sites (tertiary alicyclic amines) is 1. The van der Waals surface area contributed by atoms with E-state index in [-0.39, 0.29) is 77.2 Å². The number of halogens is 1. The largest absolute Gasteiger partial charge is 0.489 e. The third-order valence-corrected chi connectivity index (χ3v) is 17.6. The monoisotopic (exact) mass is 1000 g/mol. The molecule has 0 aromatic heterocycles. The first-order chi connectivity index (χ1) is 34.4. The van der Waals surface area contributed by atoms with Crippen molar-refractivity contribution in [3.05, 3.63) is 88.6 Å². The molecule has 4 saturated heterocycles. The fourth-order valence-corrected chi connectivity index (χ4v) is 13.7. The number of piperidine rings is 1. The molecular formula is C57H75ClN8O6. The molecule has 72 heavy (non-hydrogen) atoms. The number of nitriles is 1. The topological polar surface area (TPSA) is 164 Å². The summed E-state index contributed by atoms with van der Waals surface area (Å²) in [6, 6.07) is 21.1. The van der Waals surface area contributed by atoms with Crippen LogP contribution in [0.25, 0.3) is 5.57 Å². The number of amides is 2. The average molecular weight is 1000 g/mol. The minimum Gasteiger partial charge on any atom is -0.489 e. The molecule has 5 heterocycles. The quantitative estimate of drug-likeness (QED) is 0.114. The number of ether oxygens (including phenoxy) is 3. The molecule has 15 heteroatoms. The molecule has 0 spiro atoms. The van der Waals surface area contributed by atoms with Crippen molar-refractivity contribution < 1.29 is 28.9 Å². The number of fused-ring (bicyclic) bond motifs is 1. The van der Waals surface area contributed by atoms with Crippen molar-refractivity contribution in [3.63, 3.8) is 0 Å². The second-order valence-corrected chi connectivity index (χ2v) is 23.9. The lowest BCUT2D eigenvalue weighted by Gasteiger charge is -2.63. The molecule has 5 unspecified atom stereocenters. The van der Waals surface area contributed by atoms with Crippen molar-refractivity contribution >= 4 is 34.7 Å². The van der Waals surface area contributed by atoms with Crippen molar-refractivity contribution in [1.82, 2.24) is 31.1 Å². The molecule has 0 radical (unpaired) electrons. The number of nitrogens with zero attached hydrogens (tertiary/aromatic N) is 4. The standard InChI is InChI=1S/C57H75ClN8O6/c1-55(2)52(56(3,4)53(55)72-40-17-13-35(29-59)46(58)28-40)63-50(67)44-30-61-54(62-48(44)34-11-9-8-10-12-34)65-25-22-39(23-26-65)70-41-31-66(32-41)37-15-18-38(19-16-37)71-47-20-14-36(57(5,6)69)27-43(47)45-33-64(7)51(68)49-42(45)21-24-60-49/h13-20,27-28,33-34,39,41-42,44,48-49,52-54,60-62,69H,8-12,21-26,30-32H2,1-7H3,(H,63,67). The van der Waals surface area contributed by atoms with Gasteiger partial charge in [0.1, 0.15) is 35.7 Å². The summed E-state index contributed by atoms with van der Waals surface area (Å²) in [5.41, 5.74) is 2.56. The Morgan fingerprint density at radius 3 is 2.29 bits per heavy atom. The minimum atomic E-state index is -1.03. The van der Waals surface area contributed by atoms with Gasteiger partial charge < -0.3 is 39.8 Å². The number of benzene rings is 3. The van der Waals surface area contributed by atoms with Crippen LogP contribution in [0.2, 0.25) is 5.02 Å². The second kappa shape index (κ2) is 20.2. The van der Waals surface area contributed by atoms with Crippen molar-refractivity contribution in [3.8, 4) is 23.3 Å². The van der Waals surface area contributed by atoms with Gasteiger partial charge in [-0.05, 0) is 118 Å². The number of hydrogen-bond acceptors (Lipinski definition) is 12. The van der Waals surface area contributed by atoms with Crippen LogP contribution in [-0.2, 0) is 19.9 Å². The lowest BCUT2D eigenvalue weighted by molar-refractivity contribution is -0.175. The molecule has 5 aliphatic heterocycles. The number of carbonyl (C=O) groups excluding carboxylic acids is 2. The van der Waals surface area contributed by atoms with Crippen molar-refractivity contribution in [2.24, 2.45) is 28.6 Å². The van der Waals surface area contributed by atoms with E-state index in [9.17, 15) is 20.0 Å². The van der Waals surface area contributed by atoms with Crippen LogP contribution in [-0.4, -0.2) is 116 Å². The van der Waals surface area contributed by atoms with Gasteiger partial charge in [-0.25, -0.2) is 0 Å². The normalized spacial score (nSPS) is 29.1. The molecule has 10 rings (SSSR count). The Morgan fingerprint density at radius 2 is 1.61 bits per heavy atom. The number of hydrogen-bond donors (Lipinski definition) is 5. The molecule has 14 nitrogen and oxygen atoms in total. The van der Waals surface area contributed by atoms with Crippen LogP contribution in [0.4, 0.5) is 5.69 Å². The van der Waals surface area contributed by atoms with E-state index in [0.717, 1.165) is 93.0 Å². The van der Waals surface area contributed by atoms with E-state index in [1.54, 1.807) is 44.0 Å². The molecule has 5 atom stereocenters. The van der Waals surface area contributed by atoms with E-state index < -0.39 is 5.60 Å². The molecule has 7 aliphatic rings. The molecular weight excluding hydrogens is 928 g/mol. The number of nitrogens with one attached hydrogen (secondary N) is 4. The molecule has 2 aliphatic carbocycles. The molecule has 2 amide bonds. The maximum Gasteiger partial charge on any atom is 0.244 e. The van der Waals surface area contributed by atoms with E-state index in [1.807, 2.05) is 36.5 Å². The highest BCUT2D eigenvalue weighted by Crippen LogP contribution is 2.56. The summed E-state index contributed by atoms with van der Waals surface area (Å²) in [6.45, 7) is 17.1. The SMILES string of the molecule is CN1C=C(c2cc(C(C)(C)O)ccc2Oc2ccc(N3CC(OC4CCN(C5NCC(C(=O)NC6C(C)(C)C(Oc7ccc(C#N)c(Cl)c7)C6(C)C)C(C6CCCCC6)N5)CC4)C3)cc2)C2CCNC2C1=O.